The molecule has 1 atom stereocenters. The molecule has 0 aliphatic carbocycles. The summed E-state index contributed by atoms with van der Waals surface area (Å²) in [5.41, 5.74) is 2.19. The predicted octanol–water partition coefficient (Wildman–Crippen LogP) is 0.342. The van der Waals surface area contributed by atoms with Crippen molar-refractivity contribution in [3.05, 3.63) is 23.3 Å². The standard InChI is InChI=1S/C10H15N4/c1-7-5-13-10(14-8(7)2)9-6-11-3-4-12-9/h5,9,11H,3-4,6H2,1-2H3. The molecular formula is C10H15N4. The maximum Gasteiger partial charge on any atom is 0.148 e. The summed E-state index contributed by atoms with van der Waals surface area (Å²) in [6.07, 6.45) is 1.88. The highest BCUT2D eigenvalue weighted by molar-refractivity contribution is 5.15. The van der Waals surface area contributed by atoms with Crippen LogP contribution in [0.3, 0.4) is 0 Å². The van der Waals surface area contributed by atoms with Gasteiger partial charge < -0.3 is 5.32 Å². The van der Waals surface area contributed by atoms with Crippen LogP contribution in [0.5, 0.6) is 0 Å². The highest BCUT2D eigenvalue weighted by Crippen LogP contribution is 2.11. The first-order valence-electron chi connectivity index (χ1n) is 4.95. The summed E-state index contributed by atoms with van der Waals surface area (Å²) in [7, 11) is 0. The Labute approximate surface area is 84.2 Å². The van der Waals surface area contributed by atoms with Crippen molar-refractivity contribution in [2.24, 2.45) is 0 Å². The lowest BCUT2D eigenvalue weighted by Gasteiger charge is -2.21. The number of nitrogens with zero attached hydrogens (tertiary/aromatic N) is 3. The summed E-state index contributed by atoms with van der Waals surface area (Å²) in [6, 6.07) is 0.142. The minimum Gasteiger partial charge on any atom is -0.313 e. The lowest BCUT2D eigenvalue weighted by atomic mass is 10.2. The van der Waals surface area contributed by atoms with Gasteiger partial charge in [0.15, 0.2) is 0 Å². The summed E-state index contributed by atoms with van der Waals surface area (Å²) in [6.45, 7) is 6.73. The molecule has 4 nitrogen and oxygen atoms in total. The van der Waals surface area contributed by atoms with Crippen LogP contribution in [-0.4, -0.2) is 29.6 Å². The lowest BCUT2D eigenvalue weighted by molar-refractivity contribution is 0.406. The molecule has 1 aromatic heterocycles. The fourth-order valence-corrected chi connectivity index (χ4v) is 1.48. The van der Waals surface area contributed by atoms with Crippen molar-refractivity contribution < 1.29 is 0 Å². The first-order chi connectivity index (χ1) is 6.77. The number of nitrogens with one attached hydrogen (secondary N) is 1. The second-order valence-corrected chi connectivity index (χ2v) is 3.62. The van der Waals surface area contributed by atoms with E-state index in [9.17, 15) is 0 Å². The summed E-state index contributed by atoms with van der Waals surface area (Å²) >= 11 is 0. The fraction of sp³-hybridized carbons (Fsp3) is 0.600. The van der Waals surface area contributed by atoms with Gasteiger partial charge in [0.25, 0.3) is 0 Å². The second-order valence-electron chi connectivity index (χ2n) is 3.62. The van der Waals surface area contributed by atoms with Gasteiger partial charge in [0.1, 0.15) is 5.82 Å². The van der Waals surface area contributed by atoms with Crippen molar-refractivity contribution in [2.45, 2.75) is 19.9 Å². The van der Waals surface area contributed by atoms with Crippen LogP contribution < -0.4 is 10.6 Å². The Balaban J connectivity index is 2.18. The summed E-state index contributed by atoms with van der Waals surface area (Å²) in [5.74, 6) is 0.848. The zero-order valence-electron chi connectivity index (χ0n) is 8.62. The fourth-order valence-electron chi connectivity index (χ4n) is 1.48. The molecule has 14 heavy (non-hydrogen) atoms. The molecule has 75 valence electrons. The van der Waals surface area contributed by atoms with E-state index in [4.69, 9.17) is 0 Å². The minimum absolute atomic E-state index is 0.142. The molecule has 1 radical (unpaired) electrons. The average molecular weight is 191 g/mol. The van der Waals surface area contributed by atoms with Crippen LogP contribution in [0, 0.1) is 13.8 Å². The number of hydrogen-bond donors (Lipinski definition) is 1. The quantitative estimate of drug-likeness (QED) is 0.696. The number of rotatable bonds is 1. The van der Waals surface area contributed by atoms with Crippen molar-refractivity contribution in [1.29, 1.82) is 0 Å². The number of hydrogen-bond acceptors (Lipinski definition) is 3. The minimum atomic E-state index is 0.142. The van der Waals surface area contributed by atoms with Gasteiger partial charge in [-0.25, -0.2) is 15.3 Å². The third-order valence-corrected chi connectivity index (χ3v) is 2.52. The van der Waals surface area contributed by atoms with E-state index < -0.39 is 0 Å². The zero-order chi connectivity index (χ0) is 9.97. The highest BCUT2D eigenvalue weighted by atomic mass is 15.1. The summed E-state index contributed by atoms with van der Waals surface area (Å²) < 4.78 is 0. The molecule has 1 aliphatic rings. The first kappa shape index (κ1) is 9.55. The van der Waals surface area contributed by atoms with Crippen LogP contribution in [0.4, 0.5) is 0 Å². The molecule has 1 fully saturated rings. The Morgan fingerprint density at radius 3 is 2.93 bits per heavy atom. The van der Waals surface area contributed by atoms with E-state index in [1.54, 1.807) is 0 Å². The Morgan fingerprint density at radius 2 is 2.29 bits per heavy atom. The van der Waals surface area contributed by atoms with E-state index in [0.29, 0.717) is 0 Å². The molecule has 1 aromatic rings. The van der Waals surface area contributed by atoms with Gasteiger partial charge in [-0.1, -0.05) is 0 Å². The molecule has 1 saturated heterocycles. The Morgan fingerprint density at radius 1 is 1.43 bits per heavy atom. The van der Waals surface area contributed by atoms with Crippen LogP contribution in [0.2, 0.25) is 0 Å². The van der Waals surface area contributed by atoms with E-state index in [0.717, 1.165) is 36.7 Å². The van der Waals surface area contributed by atoms with E-state index in [2.05, 4.69) is 20.6 Å². The second kappa shape index (κ2) is 4.02. The first-order valence-corrected chi connectivity index (χ1v) is 4.95. The van der Waals surface area contributed by atoms with Gasteiger partial charge in [-0.15, -0.1) is 0 Å². The topological polar surface area (TPSA) is 51.9 Å². The van der Waals surface area contributed by atoms with Crippen LogP contribution in [0.25, 0.3) is 0 Å². The molecule has 1 N–H and O–H groups in total. The molecule has 2 rings (SSSR count). The highest BCUT2D eigenvalue weighted by Gasteiger charge is 2.18. The molecule has 2 heterocycles. The number of aryl methyl sites for hydroxylation is 2. The molecule has 4 heteroatoms. The molecule has 0 saturated carbocycles. The van der Waals surface area contributed by atoms with Crippen molar-refractivity contribution >= 4 is 0 Å². The number of piperazine rings is 1. The smallest absolute Gasteiger partial charge is 0.148 e. The van der Waals surface area contributed by atoms with Gasteiger partial charge in [-0.05, 0) is 19.4 Å². The Hall–Kier alpha value is -1.00. The van der Waals surface area contributed by atoms with Crippen molar-refractivity contribution in [2.75, 3.05) is 19.6 Å². The van der Waals surface area contributed by atoms with Gasteiger partial charge in [-0.2, -0.15) is 0 Å². The normalized spacial score (nSPS) is 22.3. The van der Waals surface area contributed by atoms with Gasteiger partial charge >= 0.3 is 0 Å². The average Bonchev–Trinajstić information content (AvgIpc) is 2.23. The van der Waals surface area contributed by atoms with E-state index in [1.165, 1.54) is 0 Å². The molecule has 1 aliphatic heterocycles. The van der Waals surface area contributed by atoms with Gasteiger partial charge in [0.2, 0.25) is 0 Å². The van der Waals surface area contributed by atoms with Crippen LogP contribution >= 0.6 is 0 Å². The van der Waals surface area contributed by atoms with Gasteiger partial charge in [-0.3, -0.25) is 0 Å². The monoisotopic (exact) mass is 191 g/mol. The van der Waals surface area contributed by atoms with Gasteiger partial charge in [0.05, 0.1) is 6.04 Å². The lowest BCUT2D eigenvalue weighted by Crippen LogP contribution is -2.39. The maximum absolute atomic E-state index is 4.48. The molecule has 0 bridgehead atoms. The van der Waals surface area contributed by atoms with Gasteiger partial charge in [0, 0.05) is 31.5 Å². The van der Waals surface area contributed by atoms with Crippen molar-refractivity contribution in [3.8, 4) is 0 Å². The van der Waals surface area contributed by atoms with Crippen LogP contribution in [-0.2, 0) is 0 Å². The molecular weight excluding hydrogens is 176 g/mol. The van der Waals surface area contributed by atoms with E-state index >= 15 is 0 Å². The zero-order valence-corrected chi connectivity index (χ0v) is 8.62. The summed E-state index contributed by atoms with van der Waals surface area (Å²) in [4.78, 5) is 8.77. The molecule has 1 unspecified atom stereocenters. The molecule has 0 aromatic carbocycles. The number of aromatic nitrogens is 2. The third-order valence-electron chi connectivity index (χ3n) is 2.52. The Bertz CT molecular complexity index is 318. The van der Waals surface area contributed by atoms with Crippen LogP contribution in [0.15, 0.2) is 6.20 Å². The molecule has 0 spiro atoms. The Kier molecular flexibility index (Phi) is 2.74. The largest absolute Gasteiger partial charge is 0.313 e. The predicted molar refractivity (Wildman–Crippen MR) is 54.1 cm³/mol. The van der Waals surface area contributed by atoms with Crippen LogP contribution in [0.1, 0.15) is 23.1 Å². The maximum atomic E-state index is 4.48. The summed E-state index contributed by atoms with van der Waals surface area (Å²) in [5, 5.41) is 7.78. The van der Waals surface area contributed by atoms with E-state index in [-0.39, 0.29) is 6.04 Å². The third kappa shape index (κ3) is 1.91. The van der Waals surface area contributed by atoms with Crippen molar-refractivity contribution in [3.63, 3.8) is 0 Å². The molecule has 0 amide bonds. The SMILES string of the molecule is Cc1cnc(C2CNCC[N]2)nc1C. The van der Waals surface area contributed by atoms with E-state index in [1.807, 2.05) is 20.0 Å². The van der Waals surface area contributed by atoms with Crippen molar-refractivity contribution in [1.82, 2.24) is 20.6 Å².